The van der Waals surface area contributed by atoms with Crippen LogP contribution in [0, 0.1) is 0 Å². The summed E-state index contributed by atoms with van der Waals surface area (Å²) in [7, 11) is 0. The molecule has 0 unspecified atom stereocenters. The van der Waals surface area contributed by atoms with Crippen molar-refractivity contribution >= 4 is 29.0 Å². The molecule has 1 heterocycles. The standard InChI is InChI=1S/C11H16N2OS2/c1-4-13(7-9(2)3)10(14)8-16-11-12-5-6-15-11/h5-6H,2,4,7-8H2,1,3H3. The summed E-state index contributed by atoms with van der Waals surface area (Å²) in [6, 6.07) is 0. The molecule has 0 aliphatic carbocycles. The first-order valence-corrected chi connectivity index (χ1v) is 6.94. The van der Waals surface area contributed by atoms with E-state index in [2.05, 4.69) is 11.6 Å². The number of thioether (sulfide) groups is 1. The van der Waals surface area contributed by atoms with Crippen LogP contribution in [-0.2, 0) is 4.79 Å². The van der Waals surface area contributed by atoms with Crippen molar-refractivity contribution in [2.75, 3.05) is 18.8 Å². The van der Waals surface area contributed by atoms with E-state index in [0.717, 1.165) is 16.5 Å². The molecule has 1 aromatic rings. The lowest BCUT2D eigenvalue weighted by Crippen LogP contribution is -2.33. The highest BCUT2D eigenvalue weighted by Gasteiger charge is 2.12. The van der Waals surface area contributed by atoms with Crippen molar-refractivity contribution in [2.45, 2.75) is 18.2 Å². The molecule has 5 heteroatoms. The van der Waals surface area contributed by atoms with E-state index in [9.17, 15) is 4.79 Å². The molecule has 0 aliphatic rings. The second-order valence-electron chi connectivity index (χ2n) is 3.45. The minimum absolute atomic E-state index is 0.144. The topological polar surface area (TPSA) is 33.2 Å². The van der Waals surface area contributed by atoms with Crippen LogP contribution >= 0.6 is 23.1 Å². The average molecular weight is 256 g/mol. The number of aromatic nitrogens is 1. The molecule has 0 aromatic carbocycles. The maximum atomic E-state index is 11.8. The van der Waals surface area contributed by atoms with Crippen LogP contribution in [0.5, 0.6) is 0 Å². The van der Waals surface area contributed by atoms with Crippen molar-refractivity contribution in [1.29, 1.82) is 0 Å². The lowest BCUT2D eigenvalue weighted by Gasteiger charge is -2.20. The minimum atomic E-state index is 0.144. The van der Waals surface area contributed by atoms with Gasteiger partial charge in [-0.1, -0.05) is 23.9 Å². The molecule has 0 fully saturated rings. The third-order valence-corrected chi connectivity index (χ3v) is 3.87. The van der Waals surface area contributed by atoms with E-state index in [1.807, 2.05) is 24.1 Å². The number of hydrogen-bond donors (Lipinski definition) is 0. The summed E-state index contributed by atoms with van der Waals surface area (Å²) in [5, 5.41) is 1.91. The van der Waals surface area contributed by atoms with Crippen molar-refractivity contribution in [3.8, 4) is 0 Å². The predicted octanol–water partition coefficient (Wildman–Crippen LogP) is 2.66. The Morgan fingerprint density at radius 1 is 1.69 bits per heavy atom. The number of thiazole rings is 1. The number of hydrogen-bond acceptors (Lipinski definition) is 4. The van der Waals surface area contributed by atoms with Gasteiger partial charge in [0, 0.05) is 24.7 Å². The molecule has 0 spiro atoms. The molecule has 88 valence electrons. The lowest BCUT2D eigenvalue weighted by molar-refractivity contribution is -0.127. The molecular formula is C11H16N2OS2. The molecule has 0 bridgehead atoms. The SMILES string of the molecule is C=C(C)CN(CC)C(=O)CSc1nccs1. The third kappa shape index (κ3) is 4.37. The normalized spacial score (nSPS) is 10.1. The van der Waals surface area contributed by atoms with Gasteiger partial charge in [0.25, 0.3) is 0 Å². The Kier molecular flexibility index (Phi) is 5.55. The van der Waals surface area contributed by atoms with Gasteiger partial charge >= 0.3 is 0 Å². The van der Waals surface area contributed by atoms with E-state index in [0.29, 0.717) is 12.3 Å². The van der Waals surface area contributed by atoms with Gasteiger partial charge in [0.1, 0.15) is 4.34 Å². The molecule has 1 aromatic heterocycles. The fourth-order valence-corrected chi connectivity index (χ4v) is 2.74. The summed E-state index contributed by atoms with van der Waals surface area (Å²) in [5.41, 5.74) is 1.01. The van der Waals surface area contributed by atoms with Crippen LogP contribution in [0.15, 0.2) is 28.1 Å². The Bertz CT molecular complexity index is 349. The molecule has 0 saturated carbocycles. The van der Waals surface area contributed by atoms with Crippen LogP contribution in [-0.4, -0.2) is 34.6 Å². The van der Waals surface area contributed by atoms with Gasteiger partial charge in [-0.3, -0.25) is 4.79 Å². The zero-order valence-electron chi connectivity index (χ0n) is 9.60. The molecule has 0 saturated heterocycles. The largest absolute Gasteiger partial charge is 0.338 e. The molecule has 0 atom stereocenters. The van der Waals surface area contributed by atoms with E-state index in [1.165, 1.54) is 11.8 Å². The number of nitrogens with zero attached hydrogens (tertiary/aromatic N) is 2. The van der Waals surface area contributed by atoms with Gasteiger partial charge in [0.2, 0.25) is 5.91 Å². The highest BCUT2D eigenvalue weighted by atomic mass is 32.2. The molecule has 3 nitrogen and oxygen atoms in total. The van der Waals surface area contributed by atoms with E-state index >= 15 is 0 Å². The summed E-state index contributed by atoms with van der Waals surface area (Å²) < 4.78 is 0.944. The van der Waals surface area contributed by atoms with E-state index in [1.54, 1.807) is 17.5 Å². The fourth-order valence-electron chi connectivity index (χ4n) is 1.20. The Balaban J connectivity index is 2.40. The van der Waals surface area contributed by atoms with Crippen molar-refractivity contribution in [2.24, 2.45) is 0 Å². The van der Waals surface area contributed by atoms with E-state index in [4.69, 9.17) is 0 Å². The zero-order valence-corrected chi connectivity index (χ0v) is 11.2. The maximum Gasteiger partial charge on any atom is 0.233 e. The van der Waals surface area contributed by atoms with Crippen LogP contribution in [0.3, 0.4) is 0 Å². The number of amides is 1. The second kappa shape index (κ2) is 6.70. The molecule has 1 amide bonds. The first kappa shape index (κ1) is 13.3. The Morgan fingerprint density at radius 2 is 2.44 bits per heavy atom. The lowest BCUT2D eigenvalue weighted by atomic mass is 10.3. The molecule has 1 rings (SSSR count). The van der Waals surface area contributed by atoms with E-state index in [-0.39, 0.29) is 5.91 Å². The summed E-state index contributed by atoms with van der Waals surface area (Å²) in [6.45, 7) is 9.11. The minimum Gasteiger partial charge on any atom is -0.338 e. The zero-order chi connectivity index (χ0) is 12.0. The molecular weight excluding hydrogens is 240 g/mol. The van der Waals surface area contributed by atoms with Crippen molar-refractivity contribution in [1.82, 2.24) is 9.88 Å². The van der Waals surface area contributed by atoms with Crippen LogP contribution in [0.1, 0.15) is 13.8 Å². The monoisotopic (exact) mass is 256 g/mol. The number of rotatable bonds is 6. The molecule has 0 aliphatic heterocycles. The van der Waals surface area contributed by atoms with Gasteiger partial charge < -0.3 is 4.90 Å². The Labute approximate surface area is 105 Å². The Morgan fingerprint density at radius 3 is 2.94 bits per heavy atom. The third-order valence-electron chi connectivity index (χ3n) is 1.92. The van der Waals surface area contributed by atoms with Crippen LogP contribution in [0.4, 0.5) is 0 Å². The van der Waals surface area contributed by atoms with Gasteiger partial charge in [0.05, 0.1) is 5.75 Å². The number of carbonyl (C=O) groups is 1. The number of carbonyl (C=O) groups excluding carboxylic acids is 1. The van der Waals surface area contributed by atoms with Crippen LogP contribution in [0.25, 0.3) is 0 Å². The quantitative estimate of drug-likeness (QED) is 0.579. The highest BCUT2D eigenvalue weighted by Crippen LogP contribution is 2.20. The first-order valence-electron chi connectivity index (χ1n) is 5.08. The summed E-state index contributed by atoms with van der Waals surface area (Å²) in [5.74, 6) is 0.597. The summed E-state index contributed by atoms with van der Waals surface area (Å²) in [6.07, 6.45) is 1.75. The second-order valence-corrected chi connectivity index (χ2v) is 5.57. The average Bonchev–Trinajstić information content (AvgIpc) is 2.75. The van der Waals surface area contributed by atoms with E-state index < -0.39 is 0 Å². The van der Waals surface area contributed by atoms with Crippen molar-refractivity contribution in [3.05, 3.63) is 23.7 Å². The van der Waals surface area contributed by atoms with Gasteiger partial charge in [0.15, 0.2) is 0 Å². The van der Waals surface area contributed by atoms with Crippen LogP contribution in [0.2, 0.25) is 0 Å². The van der Waals surface area contributed by atoms with Crippen LogP contribution < -0.4 is 0 Å². The van der Waals surface area contributed by atoms with Crippen molar-refractivity contribution < 1.29 is 4.79 Å². The Hall–Kier alpha value is -0.810. The van der Waals surface area contributed by atoms with Gasteiger partial charge in [-0.2, -0.15) is 0 Å². The van der Waals surface area contributed by atoms with Crippen molar-refractivity contribution in [3.63, 3.8) is 0 Å². The smallest absolute Gasteiger partial charge is 0.233 e. The maximum absolute atomic E-state index is 11.8. The predicted molar refractivity (Wildman–Crippen MR) is 69.9 cm³/mol. The molecule has 0 N–H and O–H groups in total. The van der Waals surface area contributed by atoms with Gasteiger partial charge in [-0.15, -0.1) is 11.3 Å². The fraction of sp³-hybridized carbons (Fsp3) is 0.455. The molecule has 16 heavy (non-hydrogen) atoms. The summed E-state index contributed by atoms with van der Waals surface area (Å²) in [4.78, 5) is 17.8. The highest BCUT2D eigenvalue weighted by molar-refractivity contribution is 8.01. The van der Waals surface area contributed by atoms with Gasteiger partial charge in [-0.25, -0.2) is 4.98 Å². The summed E-state index contributed by atoms with van der Waals surface area (Å²) >= 11 is 3.05. The first-order chi connectivity index (χ1) is 7.63. The van der Waals surface area contributed by atoms with Gasteiger partial charge in [-0.05, 0) is 13.8 Å². The number of likely N-dealkylation sites (N-methyl/N-ethyl adjacent to an activating group) is 1. The molecule has 0 radical (unpaired) electrons.